The molecule has 0 saturated heterocycles. The summed E-state index contributed by atoms with van der Waals surface area (Å²) in [7, 11) is 2.94. The second-order valence-electron chi connectivity index (χ2n) is 6.69. The molecule has 7 heteroatoms. The Balaban J connectivity index is 2.13. The summed E-state index contributed by atoms with van der Waals surface area (Å²) < 4.78 is 16.1. The van der Waals surface area contributed by atoms with Gasteiger partial charge in [-0.05, 0) is 31.1 Å². The van der Waals surface area contributed by atoms with Crippen LogP contribution in [0.25, 0.3) is 6.08 Å². The summed E-state index contributed by atoms with van der Waals surface area (Å²) in [5, 5.41) is 21.3. The summed E-state index contributed by atoms with van der Waals surface area (Å²) in [6.07, 6.45) is 3.53. The molecule has 1 aromatic carbocycles. The fourth-order valence-electron chi connectivity index (χ4n) is 3.61. The molecule has 0 fully saturated rings. The van der Waals surface area contributed by atoms with E-state index in [-0.39, 0.29) is 12.0 Å². The second-order valence-corrected chi connectivity index (χ2v) is 6.69. The van der Waals surface area contributed by atoms with Crippen molar-refractivity contribution in [2.24, 2.45) is 5.92 Å². The summed E-state index contributed by atoms with van der Waals surface area (Å²) in [6.45, 7) is 1.61. The van der Waals surface area contributed by atoms with Crippen LogP contribution in [0.4, 0.5) is 0 Å². The van der Waals surface area contributed by atoms with Gasteiger partial charge in [-0.1, -0.05) is 18.2 Å². The maximum Gasteiger partial charge on any atom is 0.342 e. The normalized spacial score (nSPS) is 30.2. The van der Waals surface area contributed by atoms with E-state index in [1.807, 2.05) is 0 Å². The molecule has 0 saturated carbocycles. The molecular weight excluding hydrogens is 352 g/mol. The quantitative estimate of drug-likeness (QED) is 0.757. The van der Waals surface area contributed by atoms with Crippen LogP contribution in [0.1, 0.15) is 29.3 Å². The second kappa shape index (κ2) is 7.17. The lowest BCUT2D eigenvalue weighted by atomic mass is 9.72. The molecular formula is C20H22O7. The number of carbonyl (C=O) groups is 2. The highest BCUT2D eigenvalue weighted by molar-refractivity contribution is 5.98. The molecule has 0 radical (unpaired) electrons. The first kappa shape index (κ1) is 19.1. The molecule has 2 aliphatic rings. The van der Waals surface area contributed by atoms with Gasteiger partial charge in [0.15, 0.2) is 5.78 Å². The predicted octanol–water partition coefficient (Wildman–Crippen LogP) is 1.51. The zero-order valence-electron chi connectivity index (χ0n) is 15.3. The lowest BCUT2D eigenvalue weighted by molar-refractivity contribution is -0.154. The summed E-state index contributed by atoms with van der Waals surface area (Å²) in [6, 6.07) is 3.23. The van der Waals surface area contributed by atoms with Crippen molar-refractivity contribution in [3.63, 3.8) is 0 Å². The van der Waals surface area contributed by atoms with E-state index in [2.05, 4.69) is 0 Å². The number of aliphatic hydroxyl groups excluding tert-OH is 1. The minimum Gasteiger partial charge on any atom is -0.497 e. The molecule has 1 aliphatic carbocycles. The van der Waals surface area contributed by atoms with E-state index in [1.165, 1.54) is 26.4 Å². The number of benzene rings is 1. The first-order chi connectivity index (χ1) is 12.8. The molecule has 1 unspecified atom stereocenters. The maximum absolute atomic E-state index is 12.8. The third-order valence-electron chi connectivity index (χ3n) is 5.09. The van der Waals surface area contributed by atoms with E-state index in [4.69, 9.17) is 14.2 Å². The number of hydrogen-bond acceptors (Lipinski definition) is 7. The molecule has 0 aromatic heterocycles. The number of aliphatic hydroxyl groups is 2. The Hall–Kier alpha value is -2.64. The third kappa shape index (κ3) is 3.24. The van der Waals surface area contributed by atoms with Crippen LogP contribution in [0.2, 0.25) is 0 Å². The number of esters is 1. The Labute approximate surface area is 156 Å². The van der Waals surface area contributed by atoms with Crippen molar-refractivity contribution in [1.82, 2.24) is 0 Å². The minimum atomic E-state index is -1.78. The molecule has 27 heavy (non-hydrogen) atoms. The first-order valence-corrected chi connectivity index (χ1v) is 8.58. The number of rotatable bonds is 2. The number of carbonyl (C=O) groups excluding carboxylic acids is 2. The number of ketones is 1. The predicted molar refractivity (Wildman–Crippen MR) is 96.7 cm³/mol. The van der Waals surface area contributed by atoms with Crippen molar-refractivity contribution in [2.75, 3.05) is 14.2 Å². The fraction of sp³-hybridized carbons (Fsp3) is 0.400. The lowest BCUT2D eigenvalue weighted by Crippen LogP contribution is -2.57. The molecule has 1 aromatic rings. The van der Waals surface area contributed by atoms with Crippen molar-refractivity contribution in [1.29, 1.82) is 0 Å². The number of methoxy groups -OCH3 is 2. The van der Waals surface area contributed by atoms with Crippen LogP contribution in [0.5, 0.6) is 11.5 Å². The molecule has 0 spiro atoms. The molecule has 0 amide bonds. The molecule has 1 aliphatic heterocycles. The van der Waals surface area contributed by atoms with E-state index in [0.717, 1.165) is 0 Å². The molecule has 3 rings (SSSR count). The van der Waals surface area contributed by atoms with Gasteiger partial charge in [0.05, 0.1) is 14.2 Å². The standard InChI is InChI=1S/C20H22O7/c1-11-14-6-7-15(21)18(22)20(14,24)8-4-5-12-9-13(25-2)10-16(26-3)17(12)19(23)27-11/h4-7,9-11,14,18,22,24H,8H2,1-3H3/t11-,14?,18+,20+/m0/s1. The van der Waals surface area contributed by atoms with E-state index >= 15 is 0 Å². The van der Waals surface area contributed by atoms with Crippen molar-refractivity contribution in [3.8, 4) is 11.5 Å². The number of fused-ring (bicyclic) bond motifs is 2. The molecule has 7 nitrogen and oxygen atoms in total. The zero-order chi connectivity index (χ0) is 19.8. The van der Waals surface area contributed by atoms with E-state index < -0.39 is 35.5 Å². The minimum absolute atomic E-state index is 0.00420. The summed E-state index contributed by atoms with van der Waals surface area (Å²) in [5.74, 6) is -1.17. The maximum atomic E-state index is 12.8. The zero-order valence-corrected chi connectivity index (χ0v) is 15.3. The van der Waals surface area contributed by atoms with E-state index in [1.54, 1.807) is 31.2 Å². The van der Waals surface area contributed by atoms with Crippen molar-refractivity contribution in [3.05, 3.63) is 41.5 Å². The van der Waals surface area contributed by atoms with E-state index in [0.29, 0.717) is 17.1 Å². The van der Waals surface area contributed by atoms with Gasteiger partial charge in [0.2, 0.25) is 0 Å². The van der Waals surface area contributed by atoms with Gasteiger partial charge in [-0.2, -0.15) is 0 Å². The highest BCUT2D eigenvalue weighted by Crippen LogP contribution is 2.38. The third-order valence-corrected chi connectivity index (χ3v) is 5.09. The van der Waals surface area contributed by atoms with Gasteiger partial charge in [0, 0.05) is 12.0 Å². The van der Waals surface area contributed by atoms with Crippen LogP contribution in [0, 0.1) is 5.92 Å². The van der Waals surface area contributed by atoms with Gasteiger partial charge in [-0.3, -0.25) is 4.79 Å². The molecule has 2 N–H and O–H groups in total. The van der Waals surface area contributed by atoms with Crippen molar-refractivity contribution >= 4 is 17.8 Å². The summed E-state index contributed by atoms with van der Waals surface area (Å²) in [5.41, 5.74) is -1.05. The Morgan fingerprint density at radius 2 is 1.93 bits per heavy atom. The fourth-order valence-corrected chi connectivity index (χ4v) is 3.61. The van der Waals surface area contributed by atoms with Gasteiger partial charge >= 0.3 is 5.97 Å². The Bertz CT molecular complexity index is 826. The van der Waals surface area contributed by atoms with Crippen LogP contribution in [-0.2, 0) is 9.53 Å². The van der Waals surface area contributed by atoms with Crippen LogP contribution < -0.4 is 9.47 Å². The smallest absolute Gasteiger partial charge is 0.342 e. The number of cyclic esters (lactones) is 1. The van der Waals surface area contributed by atoms with Gasteiger partial charge in [0.1, 0.15) is 34.9 Å². The largest absolute Gasteiger partial charge is 0.497 e. The number of hydrogen-bond donors (Lipinski definition) is 2. The van der Waals surface area contributed by atoms with Crippen molar-refractivity contribution in [2.45, 2.75) is 31.2 Å². The average Bonchev–Trinajstić information content (AvgIpc) is 2.64. The average molecular weight is 374 g/mol. The van der Waals surface area contributed by atoms with Crippen LogP contribution in [-0.4, -0.2) is 54.0 Å². The number of ether oxygens (including phenoxy) is 3. The molecule has 1 heterocycles. The van der Waals surface area contributed by atoms with Gasteiger partial charge < -0.3 is 24.4 Å². The highest BCUT2D eigenvalue weighted by atomic mass is 16.5. The lowest BCUT2D eigenvalue weighted by Gasteiger charge is -2.42. The molecule has 4 atom stereocenters. The first-order valence-electron chi connectivity index (χ1n) is 8.58. The van der Waals surface area contributed by atoms with Gasteiger partial charge in [0.25, 0.3) is 0 Å². The Morgan fingerprint density at radius 1 is 1.19 bits per heavy atom. The van der Waals surface area contributed by atoms with Crippen LogP contribution in [0.3, 0.4) is 0 Å². The molecule has 144 valence electrons. The molecule has 0 bridgehead atoms. The monoisotopic (exact) mass is 374 g/mol. The van der Waals surface area contributed by atoms with Crippen molar-refractivity contribution < 1.29 is 34.0 Å². The Morgan fingerprint density at radius 3 is 2.59 bits per heavy atom. The summed E-state index contributed by atoms with van der Waals surface area (Å²) in [4.78, 5) is 24.7. The van der Waals surface area contributed by atoms with Gasteiger partial charge in [-0.15, -0.1) is 0 Å². The SMILES string of the molecule is COc1cc2c(c(OC)c1)C(=O)O[C@@H](C)C1C=CC(=O)[C@@H](O)[C@@]1(O)CC=C2. The highest BCUT2D eigenvalue weighted by Gasteiger charge is 2.50. The summed E-state index contributed by atoms with van der Waals surface area (Å²) >= 11 is 0. The van der Waals surface area contributed by atoms with Crippen LogP contribution in [0.15, 0.2) is 30.4 Å². The van der Waals surface area contributed by atoms with E-state index in [9.17, 15) is 19.8 Å². The topological polar surface area (TPSA) is 102 Å². The Kier molecular flexibility index (Phi) is 5.08. The van der Waals surface area contributed by atoms with Gasteiger partial charge in [-0.25, -0.2) is 4.79 Å². The van der Waals surface area contributed by atoms with Crippen LogP contribution >= 0.6 is 0 Å².